The molecule has 1 aromatic carbocycles. The van der Waals surface area contributed by atoms with Crippen LogP contribution in [0.15, 0.2) is 46.3 Å². The molecule has 0 saturated carbocycles. The second kappa shape index (κ2) is 7.87. The molecule has 2 aromatic rings. The van der Waals surface area contributed by atoms with Crippen molar-refractivity contribution in [3.63, 3.8) is 0 Å². The average molecular weight is 366 g/mol. The normalized spacial score (nSPS) is 12.6. The third-order valence-electron chi connectivity index (χ3n) is 3.70. The van der Waals surface area contributed by atoms with Gasteiger partial charge in [0.15, 0.2) is 5.78 Å². The van der Waals surface area contributed by atoms with Gasteiger partial charge in [-0.05, 0) is 50.5 Å². The van der Waals surface area contributed by atoms with Crippen LogP contribution in [0.25, 0.3) is 0 Å². The van der Waals surface area contributed by atoms with Crippen LogP contribution in [0, 0.1) is 0 Å². The van der Waals surface area contributed by atoms with Crippen molar-refractivity contribution >= 4 is 33.0 Å². The van der Waals surface area contributed by atoms with E-state index in [4.69, 9.17) is 0 Å². The maximum atomic E-state index is 12.1. The van der Waals surface area contributed by atoms with E-state index in [2.05, 4.69) is 52.3 Å². The molecule has 21 heavy (non-hydrogen) atoms. The summed E-state index contributed by atoms with van der Waals surface area (Å²) in [5.74, 6) is 0.222. The summed E-state index contributed by atoms with van der Waals surface area (Å²) in [7, 11) is 2.12. The number of carbonyl (C=O) groups is 1. The average Bonchev–Trinajstić information content (AvgIpc) is 3.01. The highest BCUT2D eigenvalue weighted by Crippen LogP contribution is 2.23. The number of thiophene rings is 1. The summed E-state index contributed by atoms with van der Waals surface area (Å²) >= 11 is 5.17. The number of halogens is 1. The molecule has 0 N–H and O–H groups in total. The first kappa shape index (κ1) is 16.4. The van der Waals surface area contributed by atoms with E-state index in [1.165, 1.54) is 4.88 Å². The van der Waals surface area contributed by atoms with Crippen LogP contribution in [-0.4, -0.2) is 24.3 Å². The first-order valence-corrected chi connectivity index (χ1v) is 8.77. The zero-order valence-electron chi connectivity index (χ0n) is 12.4. The Balaban J connectivity index is 1.78. The summed E-state index contributed by atoms with van der Waals surface area (Å²) in [6.45, 7) is 3.14. The van der Waals surface area contributed by atoms with Gasteiger partial charge in [0.25, 0.3) is 0 Å². The van der Waals surface area contributed by atoms with E-state index in [9.17, 15) is 4.79 Å². The second-order valence-electron chi connectivity index (χ2n) is 5.21. The summed E-state index contributed by atoms with van der Waals surface area (Å²) in [6.07, 6.45) is 1.49. The Morgan fingerprint density at radius 2 is 2.00 bits per heavy atom. The van der Waals surface area contributed by atoms with E-state index in [1.54, 1.807) is 11.3 Å². The Morgan fingerprint density at radius 1 is 1.29 bits per heavy atom. The molecule has 0 bridgehead atoms. The predicted octanol–water partition coefficient (Wildman–Crippen LogP) is 5.17. The van der Waals surface area contributed by atoms with Gasteiger partial charge in [0.05, 0.1) is 0 Å². The summed E-state index contributed by atoms with van der Waals surface area (Å²) < 4.78 is 1.00. The Kier molecular flexibility index (Phi) is 6.15. The summed E-state index contributed by atoms with van der Waals surface area (Å²) in [4.78, 5) is 15.8. The second-order valence-corrected chi connectivity index (χ2v) is 7.10. The highest BCUT2D eigenvalue weighted by molar-refractivity contribution is 9.10. The number of hydrogen-bond donors (Lipinski definition) is 0. The van der Waals surface area contributed by atoms with Crippen molar-refractivity contribution in [3.05, 3.63) is 56.7 Å². The maximum absolute atomic E-state index is 12.1. The van der Waals surface area contributed by atoms with Gasteiger partial charge in [0.2, 0.25) is 0 Å². The summed E-state index contributed by atoms with van der Waals surface area (Å²) in [5, 5.41) is 2.11. The van der Waals surface area contributed by atoms with Crippen molar-refractivity contribution in [1.29, 1.82) is 0 Å². The van der Waals surface area contributed by atoms with Crippen molar-refractivity contribution < 1.29 is 4.79 Å². The molecule has 0 radical (unpaired) electrons. The molecular weight excluding hydrogens is 346 g/mol. The van der Waals surface area contributed by atoms with Gasteiger partial charge in [0, 0.05) is 27.4 Å². The molecule has 112 valence electrons. The Bertz CT molecular complexity index is 565. The number of carbonyl (C=O) groups excluding carboxylic acids is 1. The molecule has 2 rings (SSSR count). The van der Waals surface area contributed by atoms with Crippen molar-refractivity contribution in [2.75, 3.05) is 13.6 Å². The van der Waals surface area contributed by atoms with Gasteiger partial charge in [-0.15, -0.1) is 11.3 Å². The molecule has 4 heteroatoms. The molecule has 1 heterocycles. The van der Waals surface area contributed by atoms with Gasteiger partial charge in [-0.3, -0.25) is 9.69 Å². The van der Waals surface area contributed by atoms with Crippen LogP contribution in [0.1, 0.15) is 41.0 Å². The standard InChI is InChI=1S/C17H20BrNOS/c1-13(17-6-4-12-21-17)19(2)11-3-5-16(20)14-7-9-15(18)10-8-14/h4,6-10,12-13H,3,5,11H2,1-2H3. The first-order chi connectivity index (χ1) is 10.1. The van der Waals surface area contributed by atoms with Crippen LogP contribution in [0.2, 0.25) is 0 Å². The highest BCUT2D eigenvalue weighted by atomic mass is 79.9. The quantitative estimate of drug-likeness (QED) is 0.631. The Morgan fingerprint density at radius 3 is 2.62 bits per heavy atom. The lowest BCUT2D eigenvalue weighted by Crippen LogP contribution is -2.23. The molecule has 0 aliphatic rings. The number of hydrogen-bond acceptors (Lipinski definition) is 3. The van der Waals surface area contributed by atoms with Gasteiger partial charge in [0.1, 0.15) is 0 Å². The van der Waals surface area contributed by atoms with E-state index in [0.717, 1.165) is 23.0 Å². The zero-order valence-corrected chi connectivity index (χ0v) is 14.8. The van der Waals surface area contributed by atoms with Gasteiger partial charge in [-0.1, -0.05) is 34.1 Å². The van der Waals surface area contributed by atoms with Gasteiger partial charge in [-0.25, -0.2) is 0 Å². The van der Waals surface area contributed by atoms with E-state index in [1.807, 2.05) is 24.3 Å². The molecule has 0 saturated heterocycles. The molecule has 1 aromatic heterocycles. The lowest BCUT2D eigenvalue weighted by molar-refractivity contribution is 0.0974. The molecular formula is C17H20BrNOS. The minimum Gasteiger partial charge on any atom is -0.299 e. The number of Topliss-reactive ketones (excluding diaryl/α,β-unsaturated/α-hetero) is 1. The van der Waals surface area contributed by atoms with Crippen molar-refractivity contribution in [2.24, 2.45) is 0 Å². The summed E-state index contributed by atoms with van der Waals surface area (Å²) in [5.41, 5.74) is 0.798. The lowest BCUT2D eigenvalue weighted by atomic mass is 10.1. The SMILES string of the molecule is CC(c1cccs1)N(C)CCCC(=O)c1ccc(Br)cc1. The van der Waals surface area contributed by atoms with E-state index in [0.29, 0.717) is 12.5 Å². The molecule has 0 aliphatic heterocycles. The molecule has 0 amide bonds. The van der Waals surface area contributed by atoms with Crippen molar-refractivity contribution in [3.8, 4) is 0 Å². The minimum atomic E-state index is 0.222. The fraction of sp³-hybridized carbons (Fsp3) is 0.353. The van der Waals surface area contributed by atoms with E-state index in [-0.39, 0.29) is 5.78 Å². The Labute approximate surface area is 138 Å². The highest BCUT2D eigenvalue weighted by Gasteiger charge is 2.13. The monoisotopic (exact) mass is 365 g/mol. The largest absolute Gasteiger partial charge is 0.299 e. The fourth-order valence-corrected chi connectivity index (χ4v) is 3.32. The summed E-state index contributed by atoms with van der Waals surface area (Å²) in [6, 6.07) is 12.2. The van der Waals surface area contributed by atoms with Crippen LogP contribution in [0.3, 0.4) is 0 Å². The van der Waals surface area contributed by atoms with Crippen molar-refractivity contribution in [1.82, 2.24) is 4.90 Å². The lowest BCUT2D eigenvalue weighted by Gasteiger charge is -2.23. The number of nitrogens with zero attached hydrogens (tertiary/aromatic N) is 1. The topological polar surface area (TPSA) is 20.3 Å². The van der Waals surface area contributed by atoms with Crippen LogP contribution < -0.4 is 0 Å². The predicted molar refractivity (Wildman–Crippen MR) is 93.1 cm³/mol. The fourth-order valence-electron chi connectivity index (χ4n) is 2.21. The molecule has 2 nitrogen and oxygen atoms in total. The number of benzene rings is 1. The smallest absolute Gasteiger partial charge is 0.162 e. The molecule has 0 spiro atoms. The van der Waals surface area contributed by atoms with E-state index >= 15 is 0 Å². The van der Waals surface area contributed by atoms with Crippen LogP contribution >= 0.6 is 27.3 Å². The van der Waals surface area contributed by atoms with Crippen LogP contribution in [0.5, 0.6) is 0 Å². The van der Waals surface area contributed by atoms with Crippen molar-refractivity contribution in [2.45, 2.75) is 25.8 Å². The molecule has 1 atom stereocenters. The minimum absolute atomic E-state index is 0.222. The number of ketones is 1. The Hall–Kier alpha value is -0.970. The molecule has 1 unspecified atom stereocenters. The van der Waals surface area contributed by atoms with Gasteiger partial charge in [-0.2, -0.15) is 0 Å². The van der Waals surface area contributed by atoms with Gasteiger partial charge >= 0.3 is 0 Å². The third kappa shape index (κ3) is 4.77. The van der Waals surface area contributed by atoms with Crippen LogP contribution in [0.4, 0.5) is 0 Å². The molecule has 0 aliphatic carbocycles. The van der Waals surface area contributed by atoms with Crippen LogP contribution in [-0.2, 0) is 0 Å². The first-order valence-electron chi connectivity index (χ1n) is 7.10. The maximum Gasteiger partial charge on any atom is 0.162 e. The third-order valence-corrected chi connectivity index (χ3v) is 5.27. The van der Waals surface area contributed by atoms with Gasteiger partial charge < -0.3 is 0 Å². The molecule has 0 fully saturated rings. The van der Waals surface area contributed by atoms with E-state index < -0.39 is 0 Å². The zero-order chi connectivity index (χ0) is 15.2. The number of rotatable bonds is 7.